The van der Waals surface area contributed by atoms with Crippen LogP contribution in [0.2, 0.25) is 0 Å². The highest BCUT2D eigenvalue weighted by atomic mass is 16.5. The van der Waals surface area contributed by atoms with Gasteiger partial charge in [-0.15, -0.1) is 0 Å². The van der Waals surface area contributed by atoms with Crippen LogP contribution in [-0.4, -0.2) is 56.8 Å². The predicted octanol–water partition coefficient (Wildman–Crippen LogP) is 0.162. The van der Waals surface area contributed by atoms with Crippen LogP contribution < -0.4 is 16.6 Å². The normalized spacial score (nSPS) is 12.3. The summed E-state index contributed by atoms with van der Waals surface area (Å²) >= 11 is 0. The van der Waals surface area contributed by atoms with Crippen molar-refractivity contribution in [3.8, 4) is 0 Å². The van der Waals surface area contributed by atoms with Crippen LogP contribution in [0.25, 0.3) is 0 Å². The van der Waals surface area contributed by atoms with E-state index in [0.29, 0.717) is 18.5 Å². The third kappa shape index (κ3) is 9.21. The Morgan fingerprint density at radius 3 is 2.72 bits per heavy atom. The number of nitrogens with zero attached hydrogens (tertiary/aromatic N) is 2. The molecule has 0 spiro atoms. The van der Waals surface area contributed by atoms with E-state index in [9.17, 15) is 0 Å². The molecule has 0 heterocycles. The predicted molar refractivity (Wildman–Crippen MR) is 76.5 cm³/mol. The van der Waals surface area contributed by atoms with Gasteiger partial charge in [-0.1, -0.05) is 0 Å². The molecule has 108 valence electrons. The van der Waals surface area contributed by atoms with Gasteiger partial charge < -0.3 is 15.0 Å². The number of hydrazine groups is 1. The highest BCUT2D eigenvalue weighted by Gasteiger charge is 2.02. The Bertz CT molecular complexity index is 221. The van der Waals surface area contributed by atoms with E-state index in [1.165, 1.54) is 0 Å². The van der Waals surface area contributed by atoms with Crippen molar-refractivity contribution in [3.63, 3.8) is 0 Å². The van der Waals surface area contributed by atoms with E-state index in [-0.39, 0.29) is 0 Å². The molecule has 0 aromatic heterocycles. The summed E-state index contributed by atoms with van der Waals surface area (Å²) in [5, 5.41) is 3.18. The van der Waals surface area contributed by atoms with Gasteiger partial charge in [-0.25, -0.2) is 5.84 Å². The number of aliphatic imine (C=N–C) groups is 1. The molecule has 18 heavy (non-hydrogen) atoms. The summed E-state index contributed by atoms with van der Waals surface area (Å²) in [7, 11) is 2.10. The Morgan fingerprint density at radius 1 is 1.44 bits per heavy atom. The number of hydrogen-bond acceptors (Lipinski definition) is 4. The average molecular weight is 259 g/mol. The molecule has 0 aliphatic heterocycles. The summed E-state index contributed by atoms with van der Waals surface area (Å²) in [4.78, 5) is 6.59. The molecule has 0 aromatic carbocycles. The lowest BCUT2D eigenvalue weighted by Gasteiger charge is -2.21. The fourth-order valence-electron chi connectivity index (χ4n) is 1.26. The van der Waals surface area contributed by atoms with Crippen LogP contribution >= 0.6 is 0 Å². The summed E-state index contributed by atoms with van der Waals surface area (Å²) in [6.45, 7) is 10.3. The maximum absolute atomic E-state index is 5.40. The van der Waals surface area contributed by atoms with E-state index in [1.54, 1.807) is 0 Å². The molecule has 0 aromatic rings. The van der Waals surface area contributed by atoms with E-state index in [4.69, 9.17) is 10.6 Å². The largest absolute Gasteiger partial charge is 0.382 e. The topological polar surface area (TPSA) is 74.9 Å². The minimum Gasteiger partial charge on any atom is -0.382 e. The van der Waals surface area contributed by atoms with Crippen molar-refractivity contribution in [1.82, 2.24) is 15.6 Å². The van der Waals surface area contributed by atoms with Crippen LogP contribution in [0.3, 0.4) is 0 Å². The Balaban J connectivity index is 3.71. The first-order valence-electron chi connectivity index (χ1n) is 6.64. The van der Waals surface area contributed by atoms with Crippen LogP contribution in [-0.2, 0) is 4.74 Å². The van der Waals surface area contributed by atoms with E-state index >= 15 is 0 Å². The zero-order valence-electron chi connectivity index (χ0n) is 12.2. The zero-order valence-corrected chi connectivity index (χ0v) is 12.2. The van der Waals surface area contributed by atoms with Crippen molar-refractivity contribution in [2.24, 2.45) is 10.8 Å². The number of nitrogens with one attached hydrogen (secondary N) is 2. The van der Waals surface area contributed by atoms with E-state index < -0.39 is 0 Å². The summed E-state index contributed by atoms with van der Waals surface area (Å²) in [6, 6.07) is 0.546. The van der Waals surface area contributed by atoms with Crippen LogP contribution in [0.15, 0.2) is 4.99 Å². The maximum atomic E-state index is 5.40. The molecule has 0 unspecified atom stereocenters. The standard InChI is InChI=1S/C12H29N5O/c1-5-18-10-6-7-14-12(16-13)15-8-9-17(4)11(2)3/h11H,5-10,13H2,1-4H3,(H2,14,15,16). The van der Waals surface area contributed by atoms with Crippen molar-refractivity contribution >= 4 is 5.96 Å². The molecule has 0 amide bonds. The van der Waals surface area contributed by atoms with Gasteiger partial charge in [0.05, 0.1) is 0 Å². The molecule has 0 aliphatic rings. The third-order valence-electron chi connectivity index (χ3n) is 2.70. The monoisotopic (exact) mass is 259 g/mol. The molecule has 0 saturated carbocycles. The lowest BCUT2D eigenvalue weighted by molar-refractivity contribution is 0.146. The van der Waals surface area contributed by atoms with Crippen molar-refractivity contribution in [1.29, 1.82) is 0 Å². The molecule has 0 aliphatic carbocycles. The van der Waals surface area contributed by atoms with Gasteiger partial charge in [0, 0.05) is 38.9 Å². The second kappa shape index (κ2) is 11.3. The highest BCUT2D eigenvalue weighted by molar-refractivity contribution is 5.79. The minimum atomic E-state index is 0.546. The molecule has 6 nitrogen and oxygen atoms in total. The van der Waals surface area contributed by atoms with Gasteiger partial charge in [0.1, 0.15) is 0 Å². The Kier molecular flexibility index (Phi) is 10.7. The van der Waals surface area contributed by atoms with Crippen LogP contribution in [0, 0.1) is 0 Å². The van der Waals surface area contributed by atoms with Gasteiger partial charge in [0.2, 0.25) is 5.96 Å². The molecule has 6 heteroatoms. The van der Waals surface area contributed by atoms with Crippen LogP contribution in [0.4, 0.5) is 0 Å². The number of nitrogens with two attached hydrogens (primary N) is 1. The Labute approximate surface area is 111 Å². The first-order chi connectivity index (χ1) is 8.61. The molecule has 0 radical (unpaired) electrons. The molecule has 0 saturated heterocycles. The van der Waals surface area contributed by atoms with Gasteiger partial charge in [-0.3, -0.25) is 10.4 Å². The maximum Gasteiger partial charge on any atom is 0.205 e. The van der Waals surface area contributed by atoms with Crippen LogP contribution in [0.1, 0.15) is 27.2 Å². The van der Waals surface area contributed by atoms with Crippen molar-refractivity contribution in [2.75, 3.05) is 39.9 Å². The first-order valence-corrected chi connectivity index (χ1v) is 6.64. The Morgan fingerprint density at radius 2 is 2.17 bits per heavy atom. The molecule has 0 atom stereocenters. The minimum absolute atomic E-state index is 0.546. The summed E-state index contributed by atoms with van der Waals surface area (Å²) in [6.07, 6.45) is 0.909. The number of guanidine groups is 1. The Hall–Kier alpha value is -0.850. The van der Waals surface area contributed by atoms with Crippen LogP contribution in [0.5, 0.6) is 0 Å². The molecular weight excluding hydrogens is 230 g/mol. The van der Waals surface area contributed by atoms with Gasteiger partial charge in [-0.2, -0.15) is 0 Å². The second-order valence-electron chi connectivity index (χ2n) is 4.43. The van der Waals surface area contributed by atoms with Gasteiger partial charge in [-0.05, 0) is 34.2 Å². The second-order valence-corrected chi connectivity index (χ2v) is 4.43. The summed E-state index contributed by atoms with van der Waals surface area (Å²) in [5.74, 6) is 6.04. The SMILES string of the molecule is CCOCCCN=C(NN)NCCN(C)C(C)C. The molecule has 4 N–H and O–H groups in total. The van der Waals surface area contributed by atoms with Gasteiger partial charge >= 0.3 is 0 Å². The van der Waals surface area contributed by atoms with E-state index in [2.05, 4.69) is 41.5 Å². The molecule has 0 fully saturated rings. The number of ether oxygens (including phenoxy) is 1. The van der Waals surface area contributed by atoms with Crippen molar-refractivity contribution < 1.29 is 4.74 Å². The number of likely N-dealkylation sites (N-methyl/N-ethyl adjacent to an activating group) is 1. The van der Waals surface area contributed by atoms with Crippen molar-refractivity contribution in [2.45, 2.75) is 33.2 Å². The summed E-state index contributed by atoms with van der Waals surface area (Å²) in [5.41, 5.74) is 2.58. The van der Waals surface area contributed by atoms with Gasteiger partial charge in [0.25, 0.3) is 0 Å². The lowest BCUT2D eigenvalue weighted by atomic mass is 10.3. The molecule has 0 bridgehead atoms. The van der Waals surface area contributed by atoms with Gasteiger partial charge in [0.15, 0.2) is 0 Å². The highest BCUT2D eigenvalue weighted by Crippen LogP contribution is 1.90. The zero-order chi connectivity index (χ0) is 13.8. The van der Waals surface area contributed by atoms with E-state index in [1.807, 2.05) is 6.92 Å². The van der Waals surface area contributed by atoms with Crippen molar-refractivity contribution in [3.05, 3.63) is 0 Å². The quantitative estimate of drug-likeness (QED) is 0.181. The lowest BCUT2D eigenvalue weighted by Crippen LogP contribution is -2.45. The number of hydrogen-bond donors (Lipinski definition) is 3. The number of rotatable bonds is 9. The molecular formula is C12H29N5O. The van der Waals surface area contributed by atoms with E-state index in [0.717, 1.165) is 32.7 Å². The average Bonchev–Trinajstić information content (AvgIpc) is 2.36. The molecule has 0 rings (SSSR count). The third-order valence-corrected chi connectivity index (χ3v) is 2.70. The smallest absolute Gasteiger partial charge is 0.205 e. The first kappa shape index (κ1) is 17.2. The fourth-order valence-corrected chi connectivity index (χ4v) is 1.26. The summed E-state index contributed by atoms with van der Waals surface area (Å²) < 4.78 is 5.24. The fraction of sp³-hybridized carbons (Fsp3) is 0.917.